The van der Waals surface area contributed by atoms with E-state index >= 15 is 0 Å². The Kier molecular flexibility index (Phi) is 6.60. The van der Waals surface area contributed by atoms with Crippen LogP contribution in [0.4, 0.5) is 0 Å². The third-order valence-electron chi connectivity index (χ3n) is 5.31. The highest BCUT2D eigenvalue weighted by Gasteiger charge is 2.19. The van der Waals surface area contributed by atoms with Gasteiger partial charge in [-0.25, -0.2) is 4.68 Å². The van der Waals surface area contributed by atoms with Crippen LogP contribution in [0.25, 0.3) is 5.69 Å². The summed E-state index contributed by atoms with van der Waals surface area (Å²) in [4.78, 5) is 17.1. The maximum absolute atomic E-state index is 13.0. The quantitative estimate of drug-likeness (QED) is 0.435. The lowest BCUT2D eigenvalue weighted by molar-refractivity contribution is 0.0939. The summed E-state index contributed by atoms with van der Waals surface area (Å²) >= 11 is 0. The zero-order valence-corrected chi connectivity index (χ0v) is 18.2. The van der Waals surface area contributed by atoms with Crippen molar-refractivity contribution >= 4 is 5.91 Å². The van der Waals surface area contributed by atoms with Crippen LogP contribution in [0, 0.1) is 0 Å². The summed E-state index contributed by atoms with van der Waals surface area (Å²) in [6, 6.07) is 21.3. The molecule has 1 unspecified atom stereocenters. The number of hydrogen-bond acceptors (Lipinski definition) is 4. The fraction of sp³-hybridized carbons (Fsp3) is 0.192. The van der Waals surface area contributed by atoms with Gasteiger partial charge in [-0.05, 0) is 49.2 Å². The first-order valence-corrected chi connectivity index (χ1v) is 10.7. The SMILES string of the molecule is CCc1c(C(=O)NC(C)c2ccc(OCc3cccnc3)cc2)cnn1-c1ccccc1. The molecule has 0 aliphatic heterocycles. The molecule has 1 atom stereocenters. The first-order valence-electron chi connectivity index (χ1n) is 10.7. The predicted octanol–water partition coefficient (Wildman–Crippen LogP) is 4.90. The van der Waals surface area contributed by atoms with Crippen molar-refractivity contribution in [1.29, 1.82) is 0 Å². The normalized spacial score (nSPS) is 11.7. The predicted molar refractivity (Wildman–Crippen MR) is 124 cm³/mol. The van der Waals surface area contributed by atoms with Crippen molar-refractivity contribution in [2.45, 2.75) is 32.9 Å². The molecule has 2 heterocycles. The van der Waals surface area contributed by atoms with Crippen LogP contribution >= 0.6 is 0 Å². The lowest BCUT2D eigenvalue weighted by atomic mass is 10.1. The van der Waals surface area contributed by atoms with Gasteiger partial charge in [0.05, 0.1) is 29.2 Å². The van der Waals surface area contributed by atoms with E-state index in [9.17, 15) is 4.79 Å². The molecule has 0 aliphatic carbocycles. The third kappa shape index (κ3) is 4.86. The first-order chi connectivity index (χ1) is 15.7. The Balaban J connectivity index is 1.41. The van der Waals surface area contributed by atoms with Crippen LogP contribution in [0.15, 0.2) is 85.3 Å². The number of benzene rings is 2. The minimum Gasteiger partial charge on any atom is -0.489 e. The van der Waals surface area contributed by atoms with E-state index in [0.717, 1.165) is 28.3 Å². The monoisotopic (exact) mass is 426 g/mol. The number of aromatic nitrogens is 3. The Morgan fingerprint density at radius 3 is 2.50 bits per heavy atom. The van der Waals surface area contributed by atoms with Crippen LogP contribution < -0.4 is 10.1 Å². The molecule has 0 saturated heterocycles. The summed E-state index contributed by atoms with van der Waals surface area (Å²) in [6.07, 6.45) is 5.87. The maximum Gasteiger partial charge on any atom is 0.255 e. The molecule has 0 spiro atoms. The van der Waals surface area contributed by atoms with Crippen LogP contribution in [0.5, 0.6) is 5.75 Å². The largest absolute Gasteiger partial charge is 0.489 e. The molecule has 2 aromatic carbocycles. The highest BCUT2D eigenvalue weighted by atomic mass is 16.5. The first kappa shape index (κ1) is 21.3. The van der Waals surface area contributed by atoms with E-state index in [4.69, 9.17) is 4.74 Å². The summed E-state index contributed by atoms with van der Waals surface area (Å²) in [7, 11) is 0. The van der Waals surface area contributed by atoms with Crippen LogP contribution in [0.1, 0.15) is 47.1 Å². The molecule has 6 nitrogen and oxygen atoms in total. The van der Waals surface area contributed by atoms with Crippen molar-refractivity contribution in [3.8, 4) is 11.4 Å². The van der Waals surface area contributed by atoms with Crippen molar-refractivity contribution in [2.24, 2.45) is 0 Å². The van der Waals surface area contributed by atoms with Crippen LogP contribution in [0.2, 0.25) is 0 Å². The molecule has 162 valence electrons. The molecule has 0 radical (unpaired) electrons. The molecule has 32 heavy (non-hydrogen) atoms. The van der Waals surface area contributed by atoms with E-state index in [1.807, 2.05) is 85.3 Å². The number of nitrogens with one attached hydrogen (secondary N) is 1. The van der Waals surface area contributed by atoms with Gasteiger partial charge in [0.15, 0.2) is 0 Å². The number of nitrogens with zero attached hydrogens (tertiary/aromatic N) is 3. The van der Waals surface area contributed by atoms with Crippen molar-refractivity contribution in [2.75, 3.05) is 0 Å². The number of amides is 1. The topological polar surface area (TPSA) is 69.0 Å². The Labute approximate surface area is 187 Å². The summed E-state index contributed by atoms with van der Waals surface area (Å²) in [6.45, 7) is 4.46. The second-order valence-corrected chi connectivity index (χ2v) is 7.52. The Morgan fingerprint density at radius 1 is 1.03 bits per heavy atom. The summed E-state index contributed by atoms with van der Waals surface area (Å²) in [5.74, 6) is 0.641. The lowest BCUT2D eigenvalue weighted by Gasteiger charge is -2.15. The number of rotatable bonds is 8. The van der Waals surface area contributed by atoms with Gasteiger partial charge in [-0.2, -0.15) is 5.10 Å². The molecule has 1 N–H and O–H groups in total. The van der Waals surface area contributed by atoms with Gasteiger partial charge in [-0.3, -0.25) is 9.78 Å². The number of pyridine rings is 1. The Hall–Kier alpha value is -3.93. The van der Waals surface area contributed by atoms with E-state index < -0.39 is 0 Å². The number of ether oxygens (including phenoxy) is 1. The molecule has 2 aromatic heterocycles. The van der Waals surface area contributed by atoms with Crippen LogP contribution in [-0.4, -0.2) is 20.7 Å². The van der Waals surface area contributed by atoms with Gasteiger partial charge in [-0.15, -0.1) is 0 Å². The van der Waals surface area contributed by atoms with E-state index in [2.05, 4.69) is 15.4 Å². The Bertz CT molecular complexity index is 1160. The zero-order chi connectivity index (χ0) is 22.3. The van der Waals surface area contributed by atoms with Gasteiger partial charge >= 0.3 is 0 Å². The van der Waals surface area contributed by atoms with Crippen LogP contribution in [0.3, 0.4) is 0 Å². The highest BCUT2D eigenvalue weighted by molar-refractivity contribution is 5.95. The molecule has 0 saturated carbocycles. The second kappa shape index (κ2) is 9.92. The van der Waals surface area contributed by atoms with E-state index in [-0.39, 0.29) is 11.9 Å². The van der Waals surface area contributed by atoms with Crippen molar-refractivity contribution < 1.29 is 9.53 Å². The minimum atomic E-state index is -0.153. The van der Waals surface area contributed by atoms with Gasteiger partial charge in [0, 0.05) is 18.0 Å². The Morgan fingerprint density at radius 2 is 1.81 bits per heavy atom. The number of carbonyl (C=O) groups is 1. The molecule has 0 fully saturated rings. The molecule has 4 aromatic rings. The second-order valence-electron chi connectivity index (χ2n) is 7.52. The molecular weight excluding hydrogens is 400 g/mol. The van der Waals surface area contributed by atoms with E-state index in [0.29, 0.717) is 18.6 Å². The molecule has 0 bridgehead atoms. The summed E-state index contributed by atoms with van der Waals surface area (Å²) in [5, 5.41) is 7.54. The molecule has 1 amide bonds. The van der Waals surface area contributed by atoms with Crippen LogP contribution in [-0.2, 0) is 13.0 Å². The van der Waals surface area contributed by atoms with E-state index in [1.165, 1.54) is 0 Å². The van der Waals surface area contributed by atoms with Gasteiger partial charge in [0.1, 0.15) is 12.4 Å². The third-order valence-corrected chi connectivity index (χ3v) is 5.31. The number of carbonyl (C=O) groups excluding carboxylic acids is 1. The number of para-hydroxylation sites is 1. The molecule has 4 rings (SSSR count). The lowest BCUT2D eigenvalue weighted by Crippen LogP contribution is -2.27. The van der Waals surface area contributed by atoms with Crippen molar-refractivity contribution in [3.63, 3.8) is 0 Å². The van der Waals surface area contributed by atoms with Crippen molar-refractivity contribution in [3.05, 3.63) is 108 Å². The smallest absolute Gasteiger partial charge is 0.255 e. The average molecular weight is 427 g/mol. The molecule has 0 aliphatic rings. The fourth-order valence-corrected chi connectivity index (χ4v) is 3.56. The fourth-order valence-electron chi connectivity index (χ4n) is 3.56. The molecular formula is C26H26N4O2. The number of hydrogen-bond donors (Lipinski definition) is 1. The van der Waals surface area contributed by atoms with Gasteiger partial charge < -0.3 is 10.1 Å². The minimum absolute atomic E-state index is 0.131. The zero-order valence-electron chi connectivity index (χ0n) is 18.2. The van der Waals surface area contributed by atoms with Gasteiger partial charge in [0.2, 0.25) is 0 Å². The summed E-state index contributed by atoms with van der Waals surface area (Å²) in [5.41, 5.74) is 4.44. The highest BCUT2D eigenvalue weighted by Crippen LogP contribution is 2.20. The van der Waals surface area contributed by atoms with Crippen molar-refractivity contribution in [1.82, 2.24) is 20.1 Å². The standard InChI is InChI=1S/C26H26N4O2/c1-3-25-24(17-28-30(25)22-9-5-4-6-10-22)26(31)29-19(2)21-11-13-23(14-12-21)32-18-20-8-7-15-27-16-20/h4-17,19H,3,18H2,1-2H3,(H,29,31). The van der Waals surface area contributed by atoms with Gasteiger partial charge in [0.25, 0.3) is 5.91 Å². The van der Waals surface area contributed by atoms with E-state index in [1.54, 1.807) is 18.6 Å². The van der Waals surface area contributed by atoms with Gasteiger partial charge in [-0.1, -0.05) is 43.3 Å². The average Bonchev–Trinajstić information content (AvgIpc) is 3.28. The maximum atomic E-state index is 13.0. The summed E-state index contributed by atoms with van der Waals surface area (Å²) < 4.78 is 7.64. The molecule has 6 heteroatoms.